The molecular formula is C13H12Cl3N5. The van der Waals surface area contributed by atoms with Crippen LogP contribution >= 0.6 is 34.8 Å². The zero-order chi connectivity index (χ0) is 15.0. The predicted octanol–water partition coefficient (Wildman–Crippen LogP) is 3.74. The van der Waals surface area contributed by atoms with Crippen molar-refractivity contribution in [2.24, 2.45) is 0 Å². The Labute approximate surface area is 136 Å². The van der Waals surface area contributed by atoms with Gasteiger partial charge >= 0.3 is 0 Å². The molecule has 0 saturated heterocycles. The van der Waals surface area contributed by atoms with E-state index in [4.69, 9.17) is 34.8 Å². The highest BCUT2D eigenvalue weighted by Crippen LogP contribution is 2.29. The molecule has 0 aliphatic heterocycles. The van der Waals surface area contributed by atoms with E-state index in [2.05, 4.69) is 15.2 Å². The van der Waals surface area contributed by atoms with Crippen LogP contribution in [0.1, 0.15) is 18.6 Å². The Balaban J connectivity index is 2.14. The highest BCUT2D eigenvalue weighted by molar-refractivity contribution is 6.42. The standard InChI is InChI=1S/C13H12Cl3N5/c1-2-20-7-17-19-13(20)6-21-11-4-9(16)8(15)3-10(11)18-12(21)5-14/h3-4,7H,2,5-6H2,1H3. The Bertz CT molecular complexity index is 793. The second-order valence-electron chi connectivity index (χ2n) is 4.54. The fraction of sp³-hybridized carbons (Fsp3) is 0.308. The van der Waals surface area contributed by atoms with Crippen LogP contribution in [0.25, 0.3) is 11.0 Å². The van der Waals surface area contributed by atoms with Gasteiger partial charge in [0.05, 0.1) is 33.5 Å². The van der Waals surface area contributed by atoms with Gasteiger partial charge in [-0.2, -0.15) is 0 Å². The van der Waals surface area contributed by atoms with Gasteiger partial charge in [0.25, 0.3) is 0 Å². The van der Waals surface area contributed by atoms with E-state index in [1.807, 2.05) is 16.1 Å². The van der Waals surface area contributed by atoms with E-state index in [9.17, 15) is 0 Å². The van der Waals surface area contributed by atoms with Gasteiger partial charge in [-0.1, -0.05) is 23.2 Å². The first kappa shape index (κ1) is 14.6. The molecule has 21 heavy (non-hydrogen) atoms. The molecule has 0 fully saturated rings. The van der Waals surface area contributed by atoms with Crippen molar-refractivity contribution in [3.8, 4) is 0 Å². The van der Waals surface area contributed by atoms with Crippen LogP contribution < -0.4 is 0 Å². The molecule has 0 atom stereocenters. The molecule has 3 aromatic rings. The Morgan fingerprint density at radius 3 is 2.62 bits per heavy atom. The number of aryl methyl sites for hydroxylation is 1. The lowest BCUT2D eigenvalue weighted by Gasteiger charge is -2.08. The first-order valence-corrected chi connectivity index (χ1v) is 7.70. The van der Waals surface area contributed by atoms with Gasteiger partial charge < -0.3 is 9.13 Å². The van der Waals surface area contributed by atoms with Crippen molar-refractivity contribution in [3.63, 3.8) is 0 Å². The van der Waals surface area contributed by atoms with E-state index in [0.717, 1.165) is 29.2 Å². The third kappa shape index (κ3) is 2.61. The molecule has 0 radical (unpaired) electrons. The number of hydrogen-bond donors (Lipinski definition) is 0. The van der Waals surface area contributed by atoms with Crippen LogP contribution in [0.15, 0.2) is 18.5 Å². The fourth-order valence-electron chi connectivity index (χ4n) is 2.26. The molecule has 110 valence electrons. The van der Waals surface area contributed by atoms with Gasteiger partial charge in [0.2, 0.25) is 0 Å². The van der Waals surface area contributed by atoms with E-state index in [1.165, 1.54) is 0 Å². The summed E-state index contributed by atoms with van der Waals surface area (Å²) in [6.07, 6.45) is 1.71. The zero-order valence-corrected chi connectivity index (χ0v) is 13.5. The third-order valence-electron chi connectivity index (χ3n) is 3.32. The van der Waals surface area contributed by atoms with Gasteiger partial charge in [-0.25, -0.2) is 4.98 Å². The second kappa shape index (κ2) is 5.83. The molecule has 8 heteroatoms. The Morgan fingerprint density at radius 2 is 1.90 bits per heavy atom. The van der Waals surface area contributed by atoms with Crippen molar-refractivity contribution in [3.05, 3.63) is 40.2 Å². The van der Waals surface area contributed by atoms with Crippen LogP contribution in [0.4, 0.5) is 0 Å². The summed E-state index contributed by atoms with van der Waals surface area (Å²) in [5.74, 6) is 1.88. The molecule has 0 spiro atoms. The maximum Gasteiger partial charge on any atom is 0.152 e. The van der Waals surface area contributed by atoms with Gasteiger partial charge in [0.15, 0.2) is 5.82 Å². The topological polar surface area (TPSA) is 48.5 Å². The number of halogens is 3. The summed E-state index contributed by atoms with van der Waals surface area (Å²) in [7, 11) is 0. The zero-order valence-electron chi connectivity index (χ0n) is 11.2. The molecule has 3 rings (SSSR count). The van der Waals surface area contributed by atoms with Crippen LogP contribution in [-0.4, -0.2) is 24.3 Å². The molecule has 0 saturated carbocycles. The van der Waals surface area contributed by atoms with Gasteiger partial charge in [-0.15, -0.1) is 21.8 Å². The Hall–Kier alpha value is -1.30. The van der Waals surface area contributed by atoms with Crippen molar-refractivity contribution >= 4 is 45.8 Å². The maximum absolute atomic E-state index is 6.11. The summed E-state index contributed by atoms with van der Waals surface area (Å²) in [5.41, 5.74) is 1.65. The SMILES string of the molecule is CCn1cnnc1Cn1c(CCl)nc2cc(Cl)c(Cl)cc21. The number of imidazole rings is 1. The van der Waals surface area contributed by atoms with Crippen LogP contribution in [-0.2, 0) is 19.0 Å². The molecule has 0 unspecified atom stereocenters. The van der Waals surface area contributed by atoms with Crippen LogP contribution in [0.2, 0.25) is 10.0 Å². The van der Waals surface area contributed by atoms with Crippen molar-refractivity contribution in [2.75, 3.05) is 0 Å². The van der Waals surface area contributed by atoms with Gasteiger partial charge in [-0.05, 0) is 19.1 Å². The molecule has 2 heterocycles. The number of aromatic nitrogens is 5. The van der Waals surface area contributed by atoms with Crippen LogP contribution in [0.5, 0.6) is 0 Å². The van der Waals surface area contributed by atoms with E-state index < -0.39 is 0 Å². The summed E-state index contributed by atoms with van der Waals surface area (Å²) in [5, 5.41) is 9.05. The van der Waals surface area contributed by atoms with Gasteiger partial charge in [0, 0.05) is 6.54 Å². The minimum absolute atomic E-state index is 0.296. The van der Waals surface area contributed by atoms with Crippen molar-refractivity contribution in [1.29, 1.82) is 0 Å². The van der Waals surface area contributed by atoms with Gasteiger partial charge in [-0.3, -0.25) is 0 Å². The number of fused-ring (bicyclic) bond motifs is 1. The summed E-state index contributed by atoms with van der Waals surface area (Å²) in [6, 6.07) is 3.55. The molecule has 0 aliphatic carbocycles. The molecule has 1 aromatic carbocycles. The summed E-state index contributed by atoms with van der Waals surface area (Å²) in [6.45, 7) is 3.38. The Morgan fingerprint density at radius 1 is 1.14 bits per heavy atom. The molecule has 0 bridgehead atoms. The smallest absolute Gasteiger partial charge is 0.152 e. The maximum atomic E-state index is 6.11. The average molecular weight is 345 g/mol. The fourth-order valence-corrected chi connectivity index (χ4v) is 2.78. The first-order valence-electron chi connectivity index (χ1n) is 6.40. The van der Waals surface area contributed by atoms with Crippen LogP contribution in [0.3, 0.4) is 0 Å². The average Bonchev–Trinajstić information content (AvgIpc) is 3.05. The number of nitrogens with zero attached hydrogens (tertiary/aromatic N) is 5. The summed E-state index contributed by atoms with van der Waals surface area (Å²) < 4.78 is 3.96. The van der Waals surface area contributed by atoms with Crippen LogP contribution in [0, 0.1) is 0 Å². The number of hydrogen-bond acceptors (Lipinski definition) is 3. The normalized spacial score (nSPS) is 11.4. The summed E-state index contributed by atoms with van der Waals surface area (Å²) in [4.78, 5) is 4.50. The number of rotatable bonds is 4. The quantitative estimate of drug-likeness (QED) is 0.677. The number of benzene rings is 1. The lowest BCUT2D eigenvalue weighted by atomic mass is 10.3. The van der Waals surface area contributed by atoms with E-state index in [0.29, 0.717) is 22.5 Å². The monoisotopic (exact) mass is 343 g/mol. The third-order valence-corrected chi connectivity index (χ3v) is 4.29. The van der Waals surface area contributed by atoms with Crippen molar-refractivity contribution in [1.82, 2.24) is 24.3 Å². The molecular weight excluding hydrogens is 333 g/mol. The van der Waals surface area contributed by atoms with E-state index >= 15 is 0 Å². The highest BCUT2D eigenvalue weighted by atomic mass is 35.5. The minimum atomic E-state index is 0.296. The highest BCUT2D eigenvalue weighted by Gasteiger charge is 2.15. The molecule has 5 nitrogen and oxygen atoms in total. The second-order valence-corrected chi connectivity index (χ2v) is 5.62. The molecule has 0 aliphatic rings. The minimum Gasteiger partial charge on any atom is -0.319 e. The molecule has 2 aromatic heterocycles. The van der Waals surface area contributed by atoms with Crippen molar-refractivity contribution < 1.29 is 0 Å². The van der Waals surface area contributed by atoms with E-state index in [-0.39, 0.29) is 0 Å². The lowest BCUT2D eigenvalue weighted by Crippen LogP contribution is -2.09. The molecule has 0 amide bonds. The largest absolute Gasteiger partial charge is 0.319 e. The lowest BCUT2D eigenvalue weighted by molar-refractivity contribution is 0.648. The first-order chi connectivity index (χ1) is 10.1. The van der Waals surface area contributed by atoms with Gasteiger partial charge in [0.1, 0.15) is 12.2 Å². The Kier molecular flexibility index (Phi) is 4.06. The van der Waals surface area contributed by atoms with E-state index in [1.54, 1.807) is 18.5 Å². The molecule has 0 N–H and O–H groups in total. The summed E-state index contributed by atoms with van der Waals surface area (Å²) >= 11 is 18.2. The van der Waals surface area contributed by atoms with Crippen molar-refractivity contribution in [2.45, 2.75) is 25.9 Å². The predicted molar refractivity (Wildman–Crippen MR) is 84.1 cm³/mol. The number of alkyl halides is 1.